The van der Waals surface area contributed by atoms with E-state index < -0.39 is 11.0 Å². The van der Waals surface area contributed by atoms with Gasteiger partial charge in [0.25, 0.3) is 0 Å². The number of amides is 3. The molecule has 6 rings (SSSR count). The molecule has 6 aliphatic rings. The summed E-state index contributed by atoms with van der Waals surface area (Å²) in [6.07, 6.45) is 2.81. The van der Waals surface area contributed by atoms with Crippen LogP contribution >= 0.6 is 0 Å². The standard InChI is InChI=1S/C21H31N3O3/c1-12-6-7-24-11-13-14-8-21(12,24)18(27)22(4)15(13)9-20(19(14,2)3)10-16(25)23(5)17(20)26/h12-15H,6-11H2,1-5H3/t12-,13?,14+,15?,20+,21+/m0/s1. The Morgan fingerprint density at radius 1 is 1.04 bits per heavy atom. The van der Waals surface area contributed by atoms with E-state index >= 15 is 0 Å². The molecule has 1 aliphatic carbocycles. The predicted octanol–water partition coefficient (Wildman–Crippen LogP) is 1.35. The largest absolute Gasteiger partial charge is 0.341 e. The van der Waals surface area contributed by atoms with Gasteiger partial charge in [-0.15, -0.1) is 0 Å². The number of piperidine rings is 1. The molecule has 0 aromatic rings. The molecule has 0 aromatic carbocycles. The van der Waals surface area contributed by atoms with Gasteiger partial charge in [-0.1, -0.05) is 20.8 Å². The minimum atomic E-state index is -0.672. The monoisotopic (exact) mass is 373 g/mol. The minimum Gasteiger partial charge on any atom is -0.341 e. The van der Waals surface area contributed by atoms with Crippen LogP contribution in [0.5, 0.6) is 0 Å². The summed E-state index contributed by atoms with van der Waals surface area (Å²) >= 11 is 0. The number of imide groups is 1. The average Bonchev–Trinajstić information content (AvgIpc) is 3.02. The van der Waals surface area contributed by atoms with Gasteiger partial charge >= 0.3 is 0 Å². The fourth-order valence-electron chi connectivity index (χ4n) is 7.72. The SMILES string of the molecule is C[C@H]1CCN2CC3C4C[C@]5(CC(=O)N(C)C5=O)C(C)(C)[C@@H]3C[C@]12C(=O)N4C. The molecule has 2 unspecified atom stereocenters. The lowest BCUT2D eigenvalue weighted by atomic mass is 9.46. The molecule has 3 amide bonds. The molecular weight excluding hydrogens is 342 g/mol. The Balaban J connectivity index is 1.69. The first-order chi connectivity index (χ1) is 12.6. The molecule has 6 atom stereocenters. The van der Waals surface area contributed by atoms with Crippen molar-refractivity contribution in [2.24, 2.45) is 28.6 Å². The molecule has 1 saturated carbocycles. The van der Waals surface area contributed by atoms with E-state index in [4.69, 9.17) is 0 Å². The van der Waals surface area contributed by atoms with E-state index in [0.717, 1.165) is 25.9 Å². The first-order valence-electron chi connectivity index (χ1n) is 10.4. The van der Waals surface area contributed by atoms with Crippen molar-refractivity contribution in [1.29, 1.82) is 0 Å². The number of likely N-dealkylation sites (tertiary alicyclic amines) is 1. The van der Waals surface area contributed by atoms with Gasteiger partial charge in [-0.25, -0.2) is 0 Å². The molecule has 0 aromatic heterocycles. The van der Waals surface area contributed by atoms with Gasteiger partial charge in [0.1, 0.15) is 5.54 Å². The van der Waals surface area contributed by atoms with Crippen LogP contribution in [0.3, 0.4) is 0 Å². The zero-order chi connectivity index (χ0) is 19.5. The van der Waals surface area contributed by atoms with E-state index in [9.17, 15) is 14.4 Å². The number of hydrogen-bond donors (Lipinski definition) is 0. The van der Waals surface area contributed by atoms with E-state index in [0.29, 0.717) is 24.7 Å². The van der Waals surface area contributed by atoms with Crippen LogP contribution in [0, 0.1) is 28.6 Å². The third-order valence-electron chi connectivity index (χ3n) is 9.63. The third kappa shape index (κ3) is 1.71. The van der Waals surface area contributed by atoms with Crippen molar-refractivity contribution in [3.63, 3.8) is 0 Å². The highest BCUT2D eigenvalue weighted by atomic mass is 16.2. The quantitative estimate of drug-likeness (QED) is 0.602. The topological polar surface area (TPSA) is 60.9 Å². The van der Waals surface area contributed by atoms with Crippen LogP contribution in [0.1, 0.15) is 46.5 Å². The molecule has 0 N–H and O–H groups in total. The Labute approximate surface area is 161 Å². The number of hydrogen-bond acceptors (Lipinski definition) is 4. The summed E-state index contributed by atoms with van der Waals surface area (Å²) < 4.78 is 0. The lowest BCUT2D eigenvalue weighted by Gasteiger charge is -2.60. The minimum absolute atomic E-state index is 0.0281. The molecule has 6 nitrogen and oxygen atoms in total. The maximum absolute atomic E-state index is 13.7. The number of likely N-dealkylation sites (N-methyl/N-ethyl adjacent to an activating group) is 1. The highest BCUT2D eigenvalue weighted by molar-refractivity contribution is 6.06. The summed E-state index contributed by atoms with van der Waals surface area (Å²) in [5.74, 6) is 1.16. The van der Waals surface area contributed by atoms with Gasteiger partial charge in [-0.2, -0.15) is 0 Å². The lowest BCUT2D eigenvalue weighted by molar-refractivity contribution is -0.162. The van der Waals surface area contributed by atoms with Gasteiger partial charge in [-0.05, 0) is 49.0 Å². The molecule has 6 fully saturated rings. The summed E-state index contributed by atoms with van der Waals surface area (Å²) in [5, 5.41) is 0. The van der Waals surface area contributed by atoms with Gasteiger partial charge in [0, 0.05) is 33.1 Å². The van der Waals surface area contributed by atoms with Crippen molar-refractivity contribution < 1.29 is 14.4 Å². The number of carbonyl (C=O) groups is 3. The Hall–Kier alpha value is -1.43. The zero-order valence-corrected chi connectivity index (χ0v) is 17.1. The average molecular weight is 373 g/mol. The normalized spacial score (nSPS) is 48.6. The van der Waals surface area contributed by atoms with Gasteiger partial charge in [0.05, 0.1) is 5.41 Å². The molecule has 148 valence electrons. The number of rotatable bonds is 0. The Bertz CT molecular complexity index is 764. The smallest absolute Gasteiger partial charge is 0.243 e. The molecular formula is C21H31N3O3. The molecule has 27 heavy (non-hydrogen) atoms. The van der Waals surface area contributed by atoms with Crippen LogP contribution in [-0.2, 0) is 14.4 Å². The van der Waals surface area contributed by atoms with Crippen LogP contribution in [-0.4, -0.2) is 71.2 Å². The predicted molar refractivity (Wildman–Crippen MR) is 99.5 cm³/mol. The first-order valence-corrected chi connectivity index (χ1v) is 10.4. The van der Waals surface area contributed by atoms with Crippen LogP contribution in [0.2, 0.25) is 0 Å². The second kappa shape index (κ2) is 4.94. The van der Waals surface area contributed by atoms with Crippen LogP contribution in [0.4, 0.5) is 0 Å². The van der Waals surface area contributed by atoms with Crippen LogP contribution in [0.15, 0.2) is 0 Å². The summed E-state index contributed by atoms with van der Waals surface area (Å²) in [7, 11) is 3.56. The van der Waals surface area contributed by atoms with Crippen molar-refractivity contribution >= 4 is 17.7 Å². The molecule has 2 spiro atoms. The van der Waals surface area contributed by atoms with E-state index in [1.165, 1.54) is 4.90 Å². The Morgan fingerprint density at radius 2 is 1.74 bits per heavy atom. The lowest BCUT2D eigenvalue weighted by Crippen LogP contribution is -2.65. The summed E-state index contributed by atoms with van der Waals surface area (Å²) in [6, 6.07) is 0.0518. The van der Waals surface area contributed by atoms with E-state index in [1.807, 2.05) is 11.9 Å². The van der Waals surface area contributed by atoms with Crippen molar-refractivity contribution in [3.8, 4) is 0 Å². The maximum atomic E-state index is 13.7. The number of nitrogens with zero attached hydrogens (tertiary/aromatic N) is 3. The third-order valence-corrected chi connectivity index (χ3v) is 9.63. The van der Waals surface area contributed by atoms with Gasteiger partial charge in [0.2, 0.25) is 17.7 Å². The van der Waals surface area contributed by atoms with E-state index in [1.54, 1.807) is 7.05 Å². The van der Waals surface area contributed by atoms with Crippen molar-refractivity contribution in [2.45, 2.75) is 58.0 Å². The Kier molecular flexibility index (Phi) is 3.23. The number of carbonyl (C=O) groups excluding carboxylic acids is 3. The number of fused-ring (bicyclic) bond motifs is 1. The van der Waals surface area contributed by atoms with Gasteiger partial charge in [-0.3, -0.25) is 24.2 Å². The second-order valence-corrected chi connectivity index (χ2v) is 10.5. The maximum Gasteiger partial charge on any atom is 0.243 e. The summed E-state index contributed by atoms with van der Waals surface area (Å²) in [5.41, 5.74) is -1.38. The Morgan fingerprint density at radius 3 is 2.37 bits per heavy atom. The fourth-order valence-corrected chi connectivity index (χ4v) is 7.72. The molecule has 5 saturated heterocycles. The molecule has 5 aliphatic heterocycles. The van der Waals surface area contributed by atoms with E-state index in [2.05, 4.69) is 25.7 Å². The second-order valence-electron chi connectivity index (χ2n) is 10.5. The highest BCUT2D eigenvalue weighted by Crippen LogP contribution is 2.66. The summed E-state index contributed by atoms with van der Waals surface area (Å²) in [6.45, 7) is 8.58. The van der Waals surface area contributed by atoms with Crippen molar-refractivity contribution in [3.05, 3.63) is 0 Å². The van der Waals surface area contributed by atoms with Gasteiger partial charge < -0.3 is 4.90 Å². The molecule has 5 heterocycles. The summed E-state index contributed by atoms with van der Waals surface area (Å²) in [4.78, 5) is 45.3. The van der Waals surface area contributed by atoms with E-state index in [-0.39, 0.29) is 35.1 Å². The van der Waals surface area contributed by atoms with Crippen molar-refractivity contribution in [2.75, 3.05) is 27.2 Å². The van der Waals surface area contributed by atoms with Crippen LogP contribution < -0.4 is 0 Å². The zero-order valence-electron chi connectivity index (χ0n) is 17.1. The van der Waals surface area contributed by atoms with Crippen LogP contribution in [0.25, 0.3) is 0 Å². The molecule has 6 heteroatoms. The van der Waals surface area contributed by atoms with Crippen molar-refractivity contribution in [1.82, 2.24) is 14.7 Å². The molecule has 4 bridgehead atoms. The highest BCUT2D eigenvalue weighted by Gasteiger charge is 2.73. The molecule has 0 radical (unpaired) electrons. The van der Waals surface area contributed by atoms with Gasteiger partial charge in [0.15, 0.2) is 0 Å². The fraction of sp³-hybridized carbons (Fsp3) is 0.857. The first kappa shape index (κ1) is 17.7.